The van der Waals surface area contributed by atoms with Crippen LogP contribution >= 0.6 is 0 Å². The SMILES string of the molecule is CCNc1cc(S(=O)(=O)NC2CCC(C)CC2)ccn1. The van der Waals surface area contributed by atoms with Crippen LogP contribution in [0.3, 0.4) is 0 Å². The van der Waals surface area contributed by atoms with E-state index in [1.165, 1.54) is 12.3 Å². The van der Waals surface area contributed by atoms with Gasteiger partial charge in [-0.1, -0.05) is 6.92 Å². The molecule has 1 aliphatic rings. The lowest BCUT2D eigenvalue weighted by molar-refractivity contribution is 0.332. The molecule has 1 heterocycles. The molecular weight excluding hydrogens is 274 g/mol. The van der Waals surface area contributed by atoms with E-state index in [0.717, 1.165) is 25.7 Å². The highest BCUT2D eigenvalue weighted by atomic mass is 32.2. The number of nitrogens with one attached hydrogen (secondary N) is 2. The van der Waals surface area contributed by atoms with E-state index in [2.05, 4.69) is 21.9 Å². The van der Waals surface area contributed by atoms with Crippen molar-refractivity contribution in [2.24, 2.45) is 5.92 Å². The molecule has 1 aromatic heterocycles. The highest BCUT2D eigenvalue weighted by Crippen LogP contribution is 2.25. The van der Waals surface area contributed by atoms with Crippen LogP contribution in [0.1, 0.15) is 39.5 Å². The van der Waals surface area contributed by atoms with Crippen molar-refractivity contribution in [1.29, 1.82) is 0 Å². The van der Waals surface area contributed by atoms with E-state index in [0.29, 0.717) is 18.3 Å². The molecule has 20 heavy (non-hydrogen) atoms. The zero-order valence-corrected chi connectivity index (χ0v) is 12.9. The van der Waals surface area contributed by atoms with Crippen LogP contribution in [-0.4, -0.2) is 26.0 Å². The summed E-state index contributed by atoms with van der Waals surface area (Å²) in [6.45, 7) is 4.88. The molecule has 0 atom stereocenters. The van der Waals surface area contributed by atoms with E-state index in [9.17, 15) is 8.42 Å². The van der Waals surface area contributed by atoms with Gasteiger partial charge in [-0.25, -0.2) is 18.1 Å². The Balaban J connectivity index is 2.08. The zero-order chi connectivity index (χ0) is 14.6. The summed E-state index contributed by atoms with van der Waals surface area (Å²) < 4.78 is 27.6. The number of nitrogens with zero attached hydrogens (tertiary/aromatic N) is 1. The molecule has 0 unspecified atom stereocenters. The first-order chi connectivity index (χ1) is 9.51. The Labute approximate surface area is 121 Å². The number of anilines is 1. The van der Waals surface area contributed by atoms with Crippen molar-refractivity contribution in [3.8, 4) is 0 Å². The van der Waals surface area contributed by atoms with Gasteiger partial charge in [0.05, 0.1) is 4.90 Å². The Kier molecular flexibility index (Phi) is 4.99. The first-order valence-electron chi connectivity index (χ1n) is 7.23. The molecule has 1 aliphatic carbocycles. The van der Waals surface area contributed by atoms with Gasteiger partial charge in [-0.05, 0) is 44.6 Å². The van der Waals surface area contributed by atoms with Gasteiger partial charge in [0.2, 0.25) is 10.0 Å². The third-order valence-corrected chi connectivity index (χ3v) is 5.26. The molecule has 0 spiro atoms. The second-order valence-corrected chi connectivity index (χ2v) is 7.20. The number of aromatic nitrogens is 1. The number of rotatable bonds is 5. The van der Waals surface area contributed by atoms with Gasteiger partial charge in [0.15, 0.2) is 0 Å². The molecule has 2 N–H and O–H groups in total. The lowest BCUT2D eigenvalue weighted by Crippen LogP contribution is -2.37. The molecule has 0 aromatic carbocycles. The zero-order valence-electron chi connectivity index (χ0n) is 12.1. The average molecular weight is 297 g/mol. The number of hydrogen-bond donors (Lipinski definition) is 2. The number of pyridine rings is 1. The Bertz CT molecular complexity index is 537. The molecule has 6 heteroatoms. The minimum Gasteiger partial charge on any atom is -0.370 e. The molecule has 0 amide bonds. The van der Waals surface area contributed by atoms with Crippen LogP contribution in [0.5, 0.6) is 0 Å². The molecule has 0 bridgehead atoms. The Morgan fingerprint density at radius 3 is 2.65 bits per heavy atom. The summed E-state index contributed by atoms with van der Waals surface area (Å²) in [5.74, 6) is 1.30. The van der Waals surface area contributed by atoms with Gasteiger partial charge >= 0.3 is 0 Å². The van der Waals surface area contributed by atoms with E-state index in [1.807, 2.05) is 6.92 Å². The van der Waals surface area contributed by atoms with Crippen LogP contribution in [0.15, 0.2) is 23.2 Å². The molecule has 1 saturated carbocycles. The maximum Gasteiger partial charge on any atom is 0.241 e. The monoisotopic (exact) mass is 297 g/mol. The second kappa shape index (κ2) is 6.54. The highest BCUT2D eigenvalue weighted by Gasteiger charge is 2.24. The number of sulfonamides is 1. The van der Waals surface area contributed by atoms with Gasteiger partial charge in [0, 0.05) is 24.8 Å². The molecule has 0 aliphatic heterocycles. The van der Waals surface area contributed by atoms with Gasteiger partial charge in [0.25, 0.3) is 0 Å². The summed E-state index contributed by atoms with van der Waals surface area (Å²) in [6, 6.07) is 3.18. The Morgan fingerprint density at radius 2 is 2.00 bits per heavy atom. The van der Waals surface area contributed by atoms with E-state index in [4.69, 9.17) is 0 Å². The van der Waals surface area contributed by atoms with Crippen molar-refractivity contribution in [3.05, 3.63) is 18.3 Å². The van der Waals surface area contributed by atoms with E-state index in [-0.39, 0.29) is 10.9 Å². The smallest absolute Gasteiger partial charge is 0.241 e. The average Bonchev–Trinajstić information content (AvgIpc) is 2.42. The largest absolute Gasteiger partial charge is 0.370 e. The van der Waals surface area contributed by atoms with E-state index < -0.39 is 10.0 Å². The van der Waals surface area contributed by atoms with Gasteiger partial charge < -0.3 is 5.32 Å². The molecule has 0 saturated heterocycles. The molecule has 2 rings (SSSR count). The van der Waals surface area contributed by atoms with Crippen molar-refractivity contribution in [3.63, 3.8) is 0 Å². The lowest BCUT2D eigenvalue weighted by atomic mass is 9.88. The van der Waals surface area contributed by atoms with Crippen LogP contribution in [0.4, 0.5) is 5.82 Å². The molecule has 1 aromatic rings. The van der Waals surface area contributed by atoms with Crippen molar-refractivity contribution < 1.29 is 8.42 Å². The standard InChI is InChI=1S/C14H23N3O2S/c1-3-15-14-10-13(8-9-16-14)20(18,19)17-12-6-4-11(2)5-7-12/h8-12,17H,3-7H2,1-2H3,(H,15,16). The topological polar surface area (TPSA) is 71.1 Å². The molecule has 5 nitrogen and oxygen atoms in total. The van der Waals surface area contributed by atoms with Crippen LogP contribution in [0.2, 0.25) is 0 Å². The third-order valence-electron chi connectivity index (χ3n) is 3.74. The van der Waals surface area contributed by atoms with Crippen molar-refractivity contribution in [1.82, 2.24) is 9.71 Å². The van der Waals surface area contributed by atoms with Gasteiger partial charge in [0.1, 0.15) is 5.82 Å². The molecule has 112 valence electrons. The van der Waals surface area contributed by atoms with Crippen molar-refractivity contribution in [2.75, 3.05) is 11.9 Å². The Morgan fingerprint density at radius 1 is 1.30 bits per heavy atom. The van der Waals surface area contributed by atoms with Crippen LogP contribution < -0.4 is 10.0 Å². The van der Waals surface area contributed by atoms with Crippen molar-refractivity contribution >= 4 is 15.8 Å². The quantitative estimate of drug-likeness (QED) is 0.875. The Hall–Kier alpha value is -1.14. The van der Waals surface area contributed by atoms with E-state index in [1.54, 1.807) is 6.07 Å². The molecule has 1 fully saturated rings. The van der Waals surface area contributed by atoms with Gasteiger partial charge in [-0.2, -0.15) is 0 Å². The fourth-order valence-corrected chi connectivity index (χ4v) is 3.84. The molecular formula is C14H23N3O2S. The summed E-state index contributed by atoms with van der Waals surface area (Å²) in [5, 5.41) is 3.03. The fourth-order valence-electron chi connectivity index (χ4n) is 2.52. The maximum atomic E-state index is 12.4. The predicted octanol–water partition coefficient (Wildman–Crippen LogP) is 2.37. The van der Waals surface area contributed by atoms with Crippen LogP contribution in [-0.2, 0) is 10.0 Å². The van der Waals surface area contributed by atoms with E-state index >= 15 is 0 Å². The summed E-state index contributed by atoms with van der Waals surface area (Å²) in [4.78, 5) is 4.38. The van der Waals surface area contributed by atoms with Gasteiger partial charge in [-0.15, -0.1) is 0 Å². The number of hydrogen-bond acceptors (Lipinski definition) is 4. The summed E-state index contributed by atoms with van der Waals surface area (Å²) in [5.41, 5.74) is 0. The second-order valence-electron chi connectivity index (χ2n) is 5.49. The lowest BCUT2D eigenvalue weighted by Gasteiger charge is -2.26. The highest BCUT2D eigenvalue weighted by molar-refractivity contribution is 7.89. The van der Waals surface area contributed by atoms with Crippen LogP contribution in [0.25, 0.3) is 0 Å². The minimum atomic E-state index is -3.45. The third kappa shape index (κ3) is 3.93. The summed E-state index contributed by atoms with van der Waals surface area (Å²) >= 11 is 0. The molecule has 0 radical (unpaired) electrons. The maximum absolute atomic E-state index is 12.4. The first-order valence-corrected chi connectivity index (χ1v) is 8.72. The van der Waals surface area contributed by atoms with Gasteiger partial charge in [-0.3, -0.25) is 0 Å². The normalized spacial score (nSPS) is 23.5. The fraction of sp³-hybridized carbons (Fsp3) is 0.643. The minimum absolute atomic E-state index is 0.0620. The van der Waals surface area contributed by atoms with Crippen molar-refractivity contribution in [2.45, 2.75) is 50.5 Å². The predicted molar refractivity (Wildman–Crippen MR) is 80.1 cm³/mol. The van der Waals surface area contributed by atoms with Crippen LogP contribution in [0, 0.1) is 5.92 Å². The summed E-state index contributed by atoms with van der Waals surface area (Å²) in [6.07, 6.45) is 5.55. The first kappa shape index (κ1) is 15.3. The summed E-state index contributed by atoms with van der Waals surface area (Å²) in [7, 11) is -3.45.